The van der Waals surface area contributed by atoms with Crippen LogP contribution in [-0.4, -0.2) is 173 Å². The van der Waals surface area contributed by atoms with Crippen LogP contribution in [-0.2, 0) is 67.8 Å². The van der Waals surface area contributed by atoms with E-state index in [9.17, 15) is 51.9 Å². The highest BCUT2D eigenvalue weighted by Gasteiger charge is 2.56. The summed E-state index contributed by atoms with van der Waals surface area (Å²) in [4.78, 5) is 151. The molecular weight excluding hydrogens is 1490 g/mol. The molecule has 0 radical (unpaired) electrons. The van der Waals surface area contributed by atoms with Gasteiger partial charge < -0.3 is 15.1 Å². The van der Waals surface area contributed by atoms with Crippen LogP contribution in [0.4, 0.5) is 14.6 Å². The number of benzene rings is 4. The second-order valence-corrected chi connectivity index (χ2v) is 30.9. The number of alkyl halides is 2. The van der Waals surface area contributed by atoms with Crippen molar-refractivity contribution in [3.63, 3.8) is 0 Å². The third-order valence-electron chi connectivity index (χ3n) is 22.4. The SMILES string of the molecule is CC(=O)c1nn(CC(=O)N2[C@@H]3C[C@@H]3C[C@H]2C(=O)Cc2cc(C)ccc2C)c2ccc(-c3cnc(C)nc3)cc12.CCC(=O)c1nn(CC(=O)C2C[C@H](F)C[C@H]2C(=O)Nc2cccc(C)n2)c2ccc(-c3cnc(C)nc3)cc12.CCn1cc(C)c(CC(=O)[C@@H]2C[C@@H](F)CN2C(=O)Cn2nc(C(C)=O)c3cc(-c4cnc(C)nc4)ccc32)n1. The molecule has 2 saturated heterocycles. The predicted octanol–water partition coefficient (Wildman–Crippen LogP) is 12.4. The molecule has 27 nitrogen and oxygen atoms in total. The number of amides is 3. The number of nitrogens with one attached hydrogen (secondary N) is 1. The normalized spacial score (nSPS) is 18.6. The maximum absolute atomic E-state index is 14.5. The van der Waals surface area contributed by atoms with E-state index in [1.165, 1.54) is 28.1 Å². The lowest BCUT2D eigenvalue weighted by molar-refractivity contribution is -0.139. The Morgan fingerprint density at radius 3 is 1.52 bits per heavy atom. The van der Waals surface area contributed by atoms with Crippen LogP contribution in [0.2, 0.25) is 0 Å². The van der Waals surface area contributed by atoms with E-state index < -0.39 is 48.1 Å². The third kappa shape index (κ3) is 17.6. The minimum atomic E-state index is -1.29. The number of carbonyl (C=O) groups is 9. The number of halogens is 2. The van der Waals surface area contributed by atoms with Gasteiger partial charge in [-0.15, -0.1) is 0 Å². The van der Waals surface area contributed by atoms with Gasteiger partial charge >= 0.3 is 0 Å². The van der Waals surface area contributed by atoms with Crippen molar-refractivity contribution < 1.29 is 51.9 Å². The standard InChI is InChI=1S/C31H31N5O3.C29H29FN6O3.C28H30FN7O3/c1-17-5-6-18(2)22(9-17)13-29(38)28-12-23-11-27(23)36(28)30(39)16-35-26-8-7-21(24-14-32-20(4)33-15-24)10-25(26)31(34-35)19(3)37;1-4-25(37)28-23-10-18(19-13-31-17(3)32-14-19)8-9-24(23)36(35-28)15-26(38)21-11-20(30)12-22(21)29(39)34-27-7-5-6-16(2)33-27;1-5-34-13-16(2)23(32-34)10-26(38)25-9-21(29)14-35(25)27(39)15-36-24-7-6-19(20-11-30-18(4)31-12-20)8-22(24)28(33-36)17(3)37/h5-10,14-15,23,27-28H,11-13,16H2,1-4H3;5-10,13-14,20-22H,4,11-12,15H2,1-3H3,(H,33,34,39);6-8,11-13,21,25H,5,9-10,14-15H2,1-4H3/t23-,27-,28+;20-,21?,22+;21-,25+/m101/s1. The van der Waals surface area contributed by atoms with Gasteiger partial charge in [-0.05, 0) is 169 Å². The second kappa shape index (κ2) is 33.9. The lowest BCUT2D eigenvalue weighted by Gasteiger charge is -2.27. The molecule has 8 atom stereocenters. The summed E-state index contributed by atoms with van der Waals surface area (Å²) in [7, 11) is 0. The molecule has 600 valence electrons. The van der Waals surface area contributed by atoms with Crippen molar-refractivity contribution in [3.05, 3.63) is 203 Å². The first kappa shape index (κ1) is 80.8. The highest BCUT2D eigenvalue weighted by atomic mass is 19.1. The molecular formula is C88H90F2N18O9. The number of carbonyl (C=O) groups excluding carboxylic acids is 9. The summed E-state index contributed by atoms with van der Waals surface area (Å²) < 4.78 is 35.3. The first-order chi connectivity index (χ1) is 56.1. The zero-order valence-electron chi connectivity index (χ0n) is 67.0. The Morgan fingerprint density at radius 1 is 0.487 bits per heavy atom. The van der Waals surface area contributed by atoms with Gasteiger partial charge in [0, 0.05) is 134 Å². The number of hydrogen-bond acceptors (Lipinski definition) is 20. The van der Waals surface area contributed by atoms with Gasteiger partial charge in [-0.1, -0.05) is 55.0 Å². The number of likely N-dealkylation sites (tertiary alicyclic amines) is 2. The molecule has 0 bridgehead atoms. The summed E-state index contributed by atoms with van der Waals surface area (Å²) in [6.07, 6.45) is 11.8. The summed E-state index contributed by atoms with van der Waals surface area (Å²) in [5, 5.41) is 22.5. The molecule has 0 spiro atoms. The van der Waals surface area contributed by atoms with Gasteiger partial charge in [0.1, 0.15) is 72.4 Å². The van der Waals surface area contributed by atoms with Crippen LogP contribution in [0.5, 0.6) is 0 Å². The molecule has 10 heterocycles. The van der Waals surface area contributed by atoms with E-state index >= 15 is 0 Å². The molecule has 12 aromatic rings. The van der Waals surface area contributed by atoms with Gasteiger partial charge in [-0.3, -0.25) is 61.9 Å². The summed E-state index contributed by atoms with van der Waals surface area (Å²) >= 11 is 0. The second-order valence-electron chi connectivity index (χ2n) is 30.9. The van der Waals surface area contributed by atoms with Crippen molar-refractivity contribution in [1.82, 2.24) is 83.8 Å². The molecule has 4 fully saturated rings. The lowest BCUT2D eigenvalue weighted by Crippen LogP contribution is -2.45. The summed E-state index contributed by atoms with van der Waals surface area (Å²) in [6, 6.07) is 26.9. The number of piperidine rings is 1. The van der Waals surface area contributed by atoms with Crippen molar-refractivity contribution in [2.24, 2.45) is 17.8 Å². The Hall–Kier alpha value is -12.8. The highest BCUT2D eigenvalue weighted by molar-refractivity contribution is 6.09. The Labute approximate surface area is 673 Å². The zero-order chi connectivity index (χ0) is 82.9. The van der Waals surface area contributed by atoms with E-state index in [4.69, 9.17) is 0 Å². The molecule has 29 heteroatoms. The Balaban J connectivity index is 0.000000144. The fourth-order valence-corrected chi connectivity index (χ4v) is 16.0. The van der Waals surface area contributed by atoms with Crippen LogP contribution in [0.1, 0.15) is 149 Å². The fraction of sp³-hybridized carbons (Fsp3) is 0.364. The number of anilines is 1. The quantitative estimate of drug-likeness (QED) is 0.0581. The molecule has 16 rings (SSSR count). The van der Waals surface area contributed by atoms with Crippen molar-refractivity contribution in [2.45, 2.75) is 184 Å². The Bertz CT molecular complexity index is 5910. The van der Waals surface area contributed by atoms with Crippen molar-refractivity contribution in [2.75, 3.05) is 11.9 Å². The van der Waals surface area contributed by atoms with Crippen molar-refractivity contribution in [1.29, 1.82) is 0 Å². The van der Waals surface area contributed by atoms with Gasteiger partial charge in [0.2, 0.25) is 17.7 Å². The topological polar surface area (TPSA) is 334 Å². The van der Waals surface area contributed by atoms with E-state index in [0.717, 1.165) is 74.2 Å². The smallest absolute Gasteiger partial charge is 0.245 e. The zero-order valence-corrected chi connectivity index (χ0v) is 67.0. The van der Waals surface area contributed by atoms with Crippen LogP contribution in [0.25, 0.3) is 66.1 Å². The Morgan fingerprint density at radius 2 is 1.00 bits per heavy atom. The third-order valence-corrected chi connectivity index (χ3v) is 22.4. The molecule has 2 aliphatic heterocycles. The minimum absolute atomic E-state index is 0.0206. The number of pyridine rings is 1. The van der Waals surface area contributed by atoms with E-state index in [2.05, 4.69) is 66.7 Å². The van der Waals surface area contributed by atoms with E-state index in [1.54, 1.807) is 109 Å². The van der Waals surface area contributed by atoms with E-state index in [-0.39, 0.29) is 116 Å². The average molecular weight is 1580 g/mol. The molecule has 117 heavy (non-hydrogen) atoms. The molecule has 4 aromatic carbocycles. The number of Topliss-reactive ketones (excluding diaryl/α,β-unsaturated/α-hetero) is 6. The first-order valence-corrected chi connectivity index (χ1v) is 39.3. The van der Waals surface area contributed by atoms with Crippen molar-refractivity contribution >= 4 is 90.9 Å². The number of aromatic nitrogens is 15. The first-order valence-electron chi connectivity index (χ1n) is 39.3. The van der Waals surface area contributed by atoms with Gasteiger partial charge in [-0.25, -0.2) is 43.7 Å². The molecule has 2 aliphatic carbocycles. The molecule has 8 aromatic heterocycles. The molecule has 4 aliphatic rings. The number of rotatable bonds is 23. The van der Waals surface area contributed by atoms with Gasteiger partial charge in [0.25, 0.3) is 0 Å². The van der Waals surface area contributed by atoms with Gasteiger partial charge in [0.15, 0.2) is 34.7 Å². The van der Waals surface area contributed by atoms with Crippen molar-refractivity contribution in [3.8, 4) is 33.4 Å². The van der Waals surface area contributed by atoms with Gasteiger partial charge in [-0.2, -0.15) is 20.4 Å². The minimum Gasteiger partial charge on any atom is -0.328 e. The largest absolute Gasteiger partial charge is 0.328 e. The van der Waals surface area contributed by atoms with Crippen LogP contribution < -0.4 is 5.32 Å². The number of aryl methyl sites for hydroxylation is 8. The summed E-state index contributed by atoms with van der Waals surface area (Å²) in [6.45, 7) is 19.8. The molecule has 2 saturated carbocycles. The average Bonchev–Trinajstić information content (AvgIpc) is 1.59. The summed E-state index contributed by atoms with van der Waals surface area (Å²) in [5.74, 6) is -0.910. The fourth-order valence-electron chi connectivity index (χ4n) is 16.0. The van der Waals surface area contributed by atoms with Crippen LogP contribution in [0.15, 0.2) is 134 Å². The van der Waals surface area contributed by atoms with Gasteiger partial charge in [0.05, 0.1) is 53.2 Å². The number of ketones is 6. The molecule has 3 amide bonds. The highest BCUT2D eigenvalue weighted by Crippen LogP contribution is 2.49. The van der Waals surface area contributed by atoms with Crippen LogP contribution in [0.3, 0.4) is 0 Å². The van der Waals surface area contributed by atoms with E-state index in [0.29, 0.717) is 86.3 Å². The lowest BCUT2D eigenvalue weighted by atomic mass is 9.91. The number of nitrogens with zero attached hydrogens (tertiary/aromatic N) is 17. The molecule has 1 unspecified atom stereocenters. The molecule has 1 N–H and O–H groups in total. The van der Waals surface area contributed by atoms with Crippen LogP contribution >= 0.6 is 0 Å². The predicted molar refractivity (Wildman–Crippen MR) is 433 cm³/mol. The Kier molecular flexibility index (Phi) is 23.4. The maximum atomic E-state index is 14.5. The number of fused-ring (bicyclic) bond motifs is 4. The van der Waals surface area contributed by atoms with E-state index in [1.807, 2.05) is 95.4 Å². The number of hydrogen-bond donors (Lipinski definition) is 1. The maximum Gasteiger partial charge on any atom is 0.245 e. The van der Waals surface area contributed by atoms with Crippen LogP contribution in [0, 0.1) is 66.2 Å². The monoisotopic (exact) mass is 1580 g/mol. The summed E-state index contributed by atoms with van der Waals surface area (Å²) in [5.41, 5.74) is 13.1.